The van der Waals surface area contributed by atoms with Gasteiger partial charge < -0.3 is 16.0 Å². The average molecular weight is 298 g/mol. The van der Waals surface area contributed by atoms with Gasteiger partial charge >= 0.3 is 0 Å². The van der Waals surface area contributed by atoms with Gasteiger partial charge in [0.15, 0.2) is 0 Å². The summed E-state index contributed by atoms with van der Waals surface area (Å²) >= 11 is 0. The first-order chi connectivity index (χ1) is 9.87. The van der Waals surface area contributed by atoms with Crippen LogP contribution in [0.1, 0.15) is 34.1 Å². The van der Waals surface area contributed by atoms with E-state index >= 15 is 0 Å². The molecule has 1 aliphatic heterocycles. The van der Waals surface area contributed by atoms with Crippen molar-refractivity contribution in [3.05, 3.63) is 0 Å². The van der Waals surface area contributed by atoms with Gasteiger partial charge in [-0.3, -0.25) is 14.5 Å². The molecule has 1 fully saturated rings. The molecular formula is C15H30N4O2. The third-order valence-corrected chi connectivity index (χ3v) is 3.98. The largest absolute Gasteiger partial charge is 0.352 e. The third kappa shape index (κ3) is 5.63. The quantitative estimate of drug-likeness (QED) is 0.695. The second kappa shape index (κ2) is 8.34. The summed E-state index contributed by atoms with van der Waals surface area (Å²) in [5.74, 6) is 0.391. The number of amides is 2. The number of nitrogens with two attached hydrogens (primary N) is 1. The molecule has 6 nitrogen and oxygen atoms in total. The van der Waals surface area contributed by atoms with Crippen molar-refractivity contribution in [3.63, 3.8) is 0 Å². The number of hydrogen-bond donors (Lipinski definition) is 2. The Kier molecular flexibility index (Phi) is 7.11. The lowest BCUT2D eigenvalue weighted by Crippen LogP contribution is -2.46. The van der Waals surface area contributed by atoms with E-state index in [2.05, 4.69) is 17.1 Å². The lowest BCUT2D eigenvalue weighted by Gasteiger charge is -2.26. The highest BCUT2D eigenvalue weighted by molar-refractivity contribution is 5.85. The van der Waals surface area contributed by atoms with Gasteiger partial charge in [-0.1, -0.05) is 0 Å². The number of likely N-dealkylation sites (N-methyl/N-ethyl adjacent to an activating group) is 1. The molecule has 1 saturated heterocycles. The summed E-state index contributed by atoms with van der Waals surface area (Å²) < 4.78 is 0. The predicted molar refractivity (Wildman–Crippen MR) is 83.7 cm³/mol. The zero-order chi connectivity index (χ0) is 16.0. The fourth-order valence-electron chi connectivity index (χ4n) is 2.80. The van der Waals surface area contributed by atoms with Crippen LogP contribution in [-0.2, 0) is 9.59 Å². The fourth-order valence-corrected chi connectivity index (χ4v) is 2.80. The Hall–Kier alpha value is -1.14. The summed E-state index contributed by atoms with van der Waals surface area (Å²) in [6.07, 6.45) is 1.05. The minimum Gasteiger partial charge on any atom is -0.352 e. The number of nitrogens with one attached hydrogen (secondary N) is 1. The second-order valence-electron chi connectivity index (χ2n) is 6.25. The van der Waals surface area contributed by atoms with Crippen molar-refractivity contribution < 1.29 is 9.59 Å². The van der Waals surface area contributed by atoms with Gasteiger partial charge in [0.05, 0.1) is 13.1 Å². The van der Waals surface area contributed by atoms with Crippen LogP contribution in [0.25, 0.3) is 0 Å². The Morgan fingerprint density at radius 1 is 1.43 bits per heavy atom. The monoisotopic (exact) mass is 298 g/mol. The third-order valence-electron chi connectivity index (χ3n) is 3.98. The van der Waals surface area contributed by atoms with Crippen molar-refractivity contribution in [2.75, 3.05) is 32.7 Å². The molecule has 1 rings (SSSR count). The number of rotatable bonds is 7. The van der Waals surface area contributed by atoms with E-state index in [4.69, 9.17) is 5.73 Å². The maximum atomic E-state index is 12.4. The summed E-state index contributed by atoms with van der Waals surface area (Å²) in [5.41, 5.74) is 5.71. The molecule has 2 unspecified atom stereocenters. The van der Waals surface area contributed by atoms with Crippen LogP contribution >= 0.6 is 0 Å². The number of carbonyl (C=O) groups is 2. The molecule has 0 saturated carbocycles. The molecule has 21 heavy (non-hydrogen) atoms. The first kappa shape index (κ1) is 17.9. The van der Waals surface area contributed by atoms with Gasteiger partial charge in [-0.25, -0.2) is 0 Å². The number of hydrogen-bond acceptors (Lipinski definition) is 4. The Morgan fingerprint density at radius 2 is 2.10 bits per heavy atom. The lowest BCUT2D eigenvalue weighted by molar-refractivity contribution is -0.137. The van der Waals surface area contributed by atoms with Gasteiger partial charge in [-0.15, -0.1) is 0 Å². The van der Waals surface area contributed by atoms with Crippen LogP contribution in [0, 0.1) is 5.92 Å². The highest BCUT2D eigenvalue weighted by atomic mass is 16.2. The minimum atomic E-state index is -0.102. The molecule has 0 spiro atoms. The molecule has 122 valence electrons. The summed E-state index contributed by atoms with van der Waals surface area (Å²) in [6.45, 7) is 10.5. The van der Waals surface area contributed by atoms with Crippen molar-refractivity contribution >= 4 is 11.8 Å². The second-order valence-corrected chi connectivity index (χ2v) is 6.25. The van der Waals surface area contributed by atoms with Crippen LogP contribution in [0.5, 0.6) is 0 Å². The fraction of sp³-hybridized carbons (Fsp3) is 0.867. The molecule has 0 aliphatic carbocycles. The van der Waals surface area contributed by atoms with Crippen molar-refractivity contribution in [3.8, 4) is 0 Å². The van der Waals surface area contributed by atoms with Crippen molar-refractivity contribution in [1.29, 1.82) is 0 Å². The zero-order valence-electron chi connectivity index (χ0n) is 13.8. The zero-order valence-corrected chi connectivity index (χ0v) is 13.8. The lowest BCUT2D eigenvalue weighted by atomic mass is 10.1. The SMILES string of the molecule is CCN(CC(=O)NC(C)C)C(=O)CN1CC(CN)CC1C. The molecule has 2 amide bonds. The molecule has 1 heterocycles. The van der Waals surface area contributed by atoms with Crippen LogP contribution in [0.4, 0.5) is 0 Å². The summed E-state index contributed by atoms with van der Waals surface area (Å²) in [6, 6.07) is 0.473. The van der Waals surface area contributed by atoms with E-state index in [-0.39, 0.29) is 24.4 Å². The van der Waals surface area contributed by atoms with Crippen molar-refractivity contribution in [2.24, 2.45) is 11.7 Å². The van der Waals surface area contributed by atoms with Crippen LogP contribution in [0.3, 0.4) is 0 Å². The van der Waals surface area contributed by atoms with Crippen LogP contribution in [-0.4, -0.2) is 66.4 Å². The Morgan fingerprint density at radius 3 is 2.57 bits per heavy atom. The topological polar surface area (TPSA) is 78.7 Å². The molecule has 0 aromatic carbocycles. The molecular weight excluding hydrogens is 268 g/mol. The maximum absolute atomic E-state index is 12.4. The van der Waals surface area contributed by atoms with Gasteiger partial charge in [0.2, 0.25) is 11.8 Å². The summed E-state index contributed by atoms with van der Waals surface area (Å²) in [7, 11) is 0. The van der Waals surface area contributed by atoms with Gasteiger partial charge in [0.1, 0.15) is 0 Å². The first-order valence-corrected chi connectivity index (χ1v) is 7.88. The van der Waals surface area contributed by atoms with Gasteiger partial charge in [0.25, 0.3) is 0 Å². The van der Waals surface area contributed by atoms with Crippen molar-refractivity contribution in [1.82, 2.24) is 15.1 Å². The molecule has 0 bridgehead atoms. The van der Waals surface area contributed by atoms with E-state index in [0.29, 0.717) is 31.6 Å². The summed E-state index contributed by atoms with van der Waals surface area (Å²) in [4.78, 5) is 27.9. The molecule has 2 atom stereocenters. The smallest absolute Gasteiger partial charge is 0.239 e. The molecule has 0 aromatic rings. The molecule has 0 radical (unpaired) electrons. The van der Waals surface area contributed by atoms with Crippen LogP contribution < -0.4 is 11.1 Å². The Balaban J connectivity index is 2.50. The minimum absolute atomic E-state index is 0.0147. The highest BCUT2D eigenvalue weighted by Gasteiger charge is 2.30. The van der Waals surface area contributed by atoms with E-state index in [1.165, 1.54) is 0 Å². The van der Waals surface area contributed by atoms with E-state index in [9.17, 15) is 9.59 Å². The van der Waals surface area contributed by atoms with E-state index in [1.54, 1.807) is 4.90 Å². The number of likely N-dealkylation sites (tertiary alicyclic amines) is 1. The standard InChI is InChI=1S/C15H30N4O2/c1-5-18(9-14(20)17-11(2)3)15(21)10-19-8-13(7-16)6-12(19)4/h11-13H,5-10,16H2,1-4H3,(H,17,20). The predicted octanol–water partition coefficient (Wildman–Crippen LogP) is 0.0286. The van der Waals surface area contributed by atoms with E-state index < -0.39 is 0 Å². The Bertz CT molecular complexity index is 360. The van der Waals surface area contributed by atoms with E-state index in [0.717, 1.165) is 13.0 Å². The van der Waals surface area contributed by atoms with Gasteiger partial charge in [0, 0.05) is 25.2 Å². The average Bonchev–Trinajstić information content (AvgIpc) is 2.75. The van der Waals surface area contributed by atoms with E-state index in [1.807, 2.05) is 20.8 Å². The summed E-state index contributed by atoms with van der Waals surface area (Å²) in [5, 5.41) is 2.82. The van der Waals surface area contributed by atoms with Crippen molar-refractivity contribution in [2.45, 2.75) is 46.2 Å². The van der Waals surface area contributed by atoms with Crippen LogP contribution in [0.15, 0.2) is 0 Å². The van der Waals surface area contributed by atoms with Gasteiger partial charge in [-0.2, -0.15) is 0 Å². The normalized spacial score (nSPS) is 22.6. The molecule has 6 heteroatoms. The van der Waals surface area contributed by atoms with Gasteiger partial charge in [-0.05, 0) is 46.6 Å². The first-order valence-electron chi connectivity index (χ1n) is 7.88. The Labute approximate surface area is 128 Å². The highest BCUT2D eigenvalue weighted by Crippen LogP contribution is 2.21. The molecule has 1 aliphatic rings. The molecule has 0 aromatic heterocycles. The number of carbonyl (C=O) groups excluding carboxylic acids is 2. The molecule has 3 N–H and O–H groups in total. The van der Waals surface area contributed by atoms with Crippen LogP contribution in [0.2, 0.25) is 0 Å². The number of nitrogens with zero attached hydrogens (tertiary/aromatic N) is 2. The maximum Gasteiger partial charge on any atom is 0.239 e.